The molecule has 0 spiro atoms. The van der Waals surface area contributed by atoms with E-state index in [1.807, 2.05) is 19.9 Å². The second kappa shape index (κ2) is 13.1. The summed E-state index contributed by atoms with van der Waals surface area (Å²) in [5.41, 5.74) is 2.77. The predicted molar refractivity (Wildman–Crippen MR) is 152 cm³/mol. The van der Waals surface area contributed by atoms with Gasteiger partial charge in [-0.2, -0.15) is 0 Å². The van der Waals surface area contributed by atoms with Crippen molar-refractivity contribution in [2.45, 2.75) is 34.1 Å². The normalized spacial score (nSPS) is 10.2. The van der Waals surface area contributed by atoms with E-state index in [-0.39, 0.29) is 33.8 Å². The largest absolute Gasteiger partial charge is 0.507 e. The van der Waals surface area contributed by atoms with Crippen LogP contribution in [-0.2, 0) is 11.2 Å². The summed E-state index contributed by atoms with van der Waals surface area (Å²) >= 11 is 0. The Balaban J connectivity index is 0.000000220. The van der Waals surface area contributed by atoms with Crippen molar-refractivity contribution in [2.24, 2.45) is 0 Å². The van der Waals surface area contributed by atoms with Gasteiger partial charge in [-0.15, -0.1) is 0 Å². The van der Waals surface area contributed by atoms with Gasteiger partial charge in [-0.05, 0) is 63.6 Å². The van der Waals surface area contributed by atoms with Crippen molar-refractivity contribution in [3.63, 3.8) is 0 Å². The van der Waals surface area contributed by atoms with Crippen LogP contribution in [0.15, 0.2) is 81.5 Å². The molecule has 1 aromatic heterocycles. The summed E-state index contributed by atoms with van der Waals surface area (Å²) in [4.78, 5) is 34.8. The van der Waals surface area contributed by atoms with Crippen LogP contribution >= 0.6 is 0 Å². The Hall–Kier alpha value is -5.05. The van der Waals surface area contributed by atoms with E-state index in [1.165, 1.54) is 38.3 Å². The van der Waals surface area contributed by atoms with Crippen LogP contribution in [0.1, 0.15) is 42.5 Å². The van der Waals surface area contributed by atoms with E-state index < -0.39 is 5.97 Å². The fourth-order valence-electron chi connectivity index (χ4n) is 3.76. The van der Waals surface area contributed by atoms with Gasteiger partial charge in [0.2, 0.25) is 5.91 Å². The number of carbonyl (C=O) groups is 2. The maximum atomic E-state index is 12.0. The highest BCUT2D eigenvalue weighted by molar-refractivity contribution is 5.94. The van der Waals surface area contributed by atoms with E-state index in [2.05, 4.69) is 5.32 Å². The summed E-state index contributed by atoms with van der Waals surface area (Å²) in [5.74, 6) is 0.278. The number of aromatic hydroxyl groups is 2. The van der Waals surface area contributed by atoms with Crippen LogP contribution in [-0.4, -0.2) is 29.2 Å². The lowest BCUT2D eigenvalue weighted by Crippen LogP contribution is -2.09. The van der Waals surface area contributed by atoms with Crippen LogP contribution in [0, 0.1) is 6.92 Å². The molecule has 0 saturated heterocycles. The first kappa shape index (κ1) is 29.5. The topological polar surface area (TPSA) is 135 Å². The first-order valence-corrected chi connectivity index (χ1v) is 12.3. The molecule has 0 radical (unpaired) electrons. The zero-order valence-corrected chi connectivity index (χ0v) is 22.9. The molecule has 0 aliphatic heterocycles. The Morgan fingerprint density at radius 2 is 1.65 bits per heavy atom. The van der Waals surface area contributed by atoms with E-state index >= 15 is 0 Å². The number of rotatable bonds is 6. The van der Waals surface area contributed by atoms with E-state index in [0.717, 1.165) is 11.1 Å². The summed E-state index contributed by atoms with van der Waals surface area (Å²) in [6.07, 6.45) is 2.60. The first-order chi connectivity index (χ1) is 19.0. The molecule has 9 heteroatoms. The van der Waals surface area contributed by atoms with Crippen molar-refractivity contribution < 1.29 is 33.7 Å². The molecule has 0 aliphatic rings. The standard InChI is InChI=1S/C16H18O4.C15H13NO4/c1-9(2)5-6-11-14(19-4)8-13(18)15-12(17)7-10(3)20-16(11)15;1-10(17)16-11-6-8-12(9-7-11)20-15(19)13-4-2-3-5-14(13)18/h5,7-8,18H,6H2,1-4H3;2-9,18H,1H3,(H,16,17). The van der Waals surface area contributed by atoms with E-state index in [0.29, 0.717) is 35.0 Å². The van der Waals surface area contributed by atoms with Crippen LogP contribution in [0.2, 0.25) is 0 Å². The molecule has 0 fully saturated rings. The van der Waals surface area contributed by atoms with Gasteiger partial charge in [-0.3, -0.25) is 9.59 Å². The van der Waals surface area contributed by atoms with Gasteiger partial charge in [0, 0.05) is 30.3 Å². The first-order valence-electron chi connectivity index (χ1n) is 12.3. The minimum atomic E-state index is -0.643. The van der Waals surface area contributed by atoms with Crippen molar-refractivity contribution in [1.82, 2.24) is 0 Å². The van der Waals surface area contributed by atoms with Crippen molar-refractivity contribution in [3.05, 3.63) is 99.4 Å². The number of hydrogen-bond acceptors (Lipinski definition) is 8. The quantitative estimate of drug-likeness (QED) is 0.155. The summed E-state index contributed by atoms with van der Waals surface area (Å²) in [7, 11) is 1.53. The Kier molecular flexibility index (Phi) is 9.70. The molecule has 3 aromatic carbocycles. The third kappa shape index (κ3) is 7.50. The number of aryl methyl sites for hydroxylation is 1. The molecule has 0 unspecified atom stereocenters. The second-order valence-electron chi connectivity index (χ2n) is 9.10. The fourth-order valence-corrected chi connectivity index (χ4v) is 3.76. The number of amides is 1. The minimum Gasteiger partial charge on any atom is -0.507 e. The Morgan fingerprint density at radius 3 is 2.25 bits per heavy atom. The van der Waals surface area contributed by atoms with Gasteiger partial charge in [-0.25, -0.2) is 4.79 Å². The van der Waals surface area contributed by atoms with Gasteiger partial charge in [0.25, 0.3) is 0 Å². The predicted octanol–water partition coefficient (Wildman–Crippen LogP) is 5.89. The smallest absolute Gasteiger partial charge is 0.347 e. The molecule has 0 atom stereocenters. The number of allylic oxidation sites excluding steroid dienone is 2. The molecule has 1 heterocycles. The third-order valence-electron chi connectivity index (χ3n) is 5.61. The lowest BCUT2D eigenvalue weighted by atomic mass is 10.0. The van der Waals surface area contributed by atoms with E-state index in [1.54, 1.807) is 43.3 Å². The molecule has 4 aromatic rings. The van der Waals surface area contributed by atoms with Crippen LogP contribution in [0.5, 0.6) is 23.0 Å². The molecule has 3 N–H and O–H groups in total. The highest BCUT2D eigenvalue weighted by Crippen LogP contribution is 2.34. The molecular formula is C31H31NO8. The number of hydrogen-bond donors (Lipinski definition) is 3. The third-order valence-corrected chi connectivity index (χ3v) is 5.61. The molecule has 40 heavy (non-hydrogen) atoms. The molecule has 9 nitrogen and oxygen atoms in total. The van der Waals surface area contributed by atoms with Crippen LogP contribution in [0.4, 0.5) is 5.69 Å². The van der Waals surface area contributed by atoms with Gasteiger partial charge >= 0.3 is 5.97 Å². The number of nitrogens with one attached hydrogen (secondary N) is 1. The summed E-state index contributed by atoms with van der Waals surface area (Å²) in [5, 5.41) is 22.4. The molecule has 0 saturated carbocycles. The fraction of sp³-hybridized carbons (Fsp3) is 0.194. The van der Waals surface area contributed by atoms with E-state index in [4.69, 9.17) is 13.9 Å². The number of fused-ring (bicyclic) bond motifs is 1. The number of ether oxygens (including phenoxy) is 2. The molecule has 0 bridgehead atoms. The highest BCUT2D eigenvalue weighted by Gasteiger charge is 2.17. The molecule has 4 rings (SSSR count). The number of phenols is 2. The summed E-state index contributed by atoms with van der Waals surface area (Å²) in [6, 6.07) is 15.3. The van der Waals surface area contributed by atoms with Crippen molar-refractivity contribution >= 4 is 28.5 Å². The minimum absolute atomic E-state index is 0.0958. The monoisotopic (exact) mass is 545 g/mol. The van der Waals surface area contributed by atoms with Crippen LogP contribution < -0.4 is 20.2 Å². The zero-order chi connectivity index (χ0) is 29.4. The Labute approximate surface area is 231 Å². The van der Waals surface area contributed by atoms with Gasteiger partial charge in [0.05, 0.1) is 7.11 Å². The van der Waals surface area contributed by atoms with Crippen LogP contribution in [0.25, 0.3) is 11.0 Å². The average molecular weight is 546 g/mol. The Morgan fingerprint density at radius 1 is 0.975 bits per heavy atom. The number of esters is 1. The SMILES string of the molecule is CC(=O)Nc1ccc(OC(=O)c2ccccc2O)cc1.COc1cc(O)c2c(=O)cc(C)oc2c1CC=C(C)C. The van der Waals surface area contributed by atoms with Gasteiger partial charge < -0.3 is 29.4 Å². The maximum Gasteiger partial charge on any atom is 0.347 e. The number of carbonyl (C=O) groups excluding carboxylic acids is 2. The highest BCUT2D eigenvalue weighted by atomic mass is 16.5. The maximum absolute atomic E-state index is 12.0. The van der Waals surface area contributed by atoms with Crippen molar-refractivity contribution in [1.29, 1.82) is 0 Å². The number of methoxy groups -OCH3 is 1. The number of phenolic OH excluding ortho intramolecular Hbond substituents is 2. The lowest BCUT2D eigenvalue weighted by molar-refractivity contribution is -0.114. The van der Waals surface area contributed by atoms with Crippen molar-refractivity contribution in [2.75, 3.05) is 12.4 Å². The molecule has 0 aliphatic carbocycles. The molecule has 208 valence electrons. The number of benzene rings is 3. The number of anilines is 1. The molecular weight excluding hydrogens is 514 g/mol. The van der Waals surface area contributed by atoms with Crippen LogP contribution in [0.3, 0.4) is 0 Å². The Bertz CT molecular complexity index is 1610. The summed E-state index contributed by atoms with van der Waals surface area (Å²) in [6.45, 7) is 7.11. The van der Waals surface area contributed by atoms with Gasteiger partial charge in [0.1, 0.15) is 45.3 Å². The zero-order valence-electron chi connectivity index (χ0n) is 22.9. The molecule has 1 amide bonds. The van der Waals surface area contributed by atoms with Crippen molar-refractivity contribution in [3.8, 4) is 23.0 Å². The van der Waals surface area contributed by atoms with Gasteiger partial charge in [0.15, 0.2) is 5.43 Å². The average Bonchev–Trinajstić information content (AvgIpc) is 2.88. The lowest BCUT2D eigenvalue weighted by Gasteiger charge is -2.11. The number of para-hydroxylation sites is 1. The summed E-state index contributed by atoms with van der Waals surface area (Å²) < 4.78 is 16.1. The van der Waals surface area contributed by atoms with Gasteiger partial charge in [-0.1, -0.05) is 23.8 Å². The second-order valence-corrected chi connectivity index (χ2v) is 9.10. The van der Waals surface area contributed by atoms with E-state index in [9.17, 15) is 24.6 Å².